The molecule has 0 aliphatic carbocycles. The van der Waals surface area contributed by atoms with E-state index in [1.54, 1.807) is 18.7 Å². The number of hydrogen-bond acceptors (Lipinski definition) is 4. The maximum atomic E-state index is 11.4. The van der Waals surface area contributed by atoms with E-state index in [0.717, 1.165) is 13.1 Å². The normalized spacial score (nSPS) is 19.9. The minimum atomic E-state index is -0.910. The number of aromatic nitrogens is 2. The van der Waals surface area contributed by atoms with Gasteiger partial charge >= 0.3 is 5.97 Å². The Labute approximate surface area is 113 Å². The lowest BCUT2D eigenvalue weighted by Gasteiger charge is -2.27. The van der Waals surface area contributed by atoms with Crippen molar-refractivity contribution in [2.24, 2.45) is 7.05 Å². The van der Waals surface area contributed by atoms with Crippen molar-refractivity contribution in [3.8, 4) is 0 Å². The van der Waals surface area contributed by atoms with Gasteiger partial charge in [0.2, 0.25) is 0 Å². The molecule has 1 aromatic rings. The third-order valence-corrected chi connectivity index (χ3v) is 3.92. The number of carbonyl (C=O) groups is 1. The summed E-state index contributed by atoms with van der Waals surface area (Å²) in [5, 5.41) is 13.6. The Morgan fingerprint density at radius 1 is 1.53 bits per heavy atom. The molecule has 1 N–H and O–H groups in total. The molecule has 2 rings (SSSR count). The number of anilines is 1. The summed E-state index contributed by atoms with van der Waals surface area (Å²) in [7, 11) is 5.86. The zero-order chi connectivity index (χ0) is 14.2. The Balaban J connectivity index is 2.23. The summed E-state index contributed by atoms with van der Waals surface area (Å²) in [6.45, 7) is 3.69. The van der Waals surface area contributed by atoms with Gasteiger partial charge < -0.3 is 14.9 Å². The van der Waals surface area contributed by atoms with Gasteiger partial charge in [0.05, 0.1) is 5.69 Å². The molecule has 6 heteroatoms. The van der Waals surface area contributed by atoms with Crippen molar-refractivity contribution in [2.75, 3.05) is 32.1 Å². The standard InChI is InChI=1S/C13H22N4O2/c1-9-11(13(18)19)12(17(4)14-9)16(3)8-10-6-5-7-15(10)2/h10H,5-8H2,1-4H3,(H,18,19). The van der Waals surface area contributed by atoms with Crippen LogP contribution in [-0.2, 0) is 7.05 Å². The number of aromatic carboxylic acids is 1. The van der Waals surface area contributed by atoms with E-state index in [2.05, 4.69) is 17.0 Å². The number of rotatable bonds is 4. The number of aryl methyl sites for hydroxylation is 2. The number of likely N-dealkylation sites (tertiary alicyclic amines) is 1. The average molecular weight is 266 g/mol. The molecule has 6 nitrogen and oxygen atoms in total. The van der Waals surface area contributed by atoms with Gasteiger partial charge in [-0.15, -0.1) is 0 Å². The van der Waals surface area contributed by atoms with Gasteiger partial charge in [0.15, 0.2) is 0 Å². The molecule has 1 atom stereocenters. The first-order valence-corrected chi connectivity index (χ1v) is 6.60. The van der Waals surface area contributed by atoms with Crippen LogP contribution in [0.25, 0.3) is 0 Å². The van der Waals surface area contributed by atoms with E-state index in [-0.39, 0.29) is 0 Å². The van der Waals surface area contributed by atoms with Gasteiger partial charge in [0.25, 0.3) is 0 Å². The number of nitrogens with zero attached hydrogens (tertiary/aromatic N) is 4. The van der Waals surface area contributed by atoms with Crippen LogP contribution in [0.5, 0.6) is 0 Å². The second-order valence-electron chi connectivity index (χ2n) is 5.37. The number of carboxylic acids is 1. The summed E-state index contributed by atoms with van der Waals surface area (Å²) in [5.41, 5.74) is 0.877. The quantitative estimate of drug-likeness (QED) is 0.879. The summed E-state index contributed by atoms with van der Waals surface area (Å²) in [5.74, 6) is -0.225. The second kappa shape index (κ2) is 5.21. The molecular weight excluding hydrogens is 244 g/mol. The molecular formula is C13H22N4O2. The molecule has 19 heavy (non-hydrogen) atoms. The molecule has 0 radical (unpaired) electrons. The lowest BCUT2D eigenvalue weighted by Crippen LogP contribution is -2.37. The van der Waals surface area contributed by atoms with Crippen molar-refractivity contribution in [2.45, 2.75) is 25.8 Å². The van der Waals surface area contributed by atoms with Gasteiger partial charge in [-0.2, -0.15) is 5.10 Å². The van der Waals surface area contributed by atoms with Gasteiger partial charge in [-0.1, -0.05) is 0 Å². The van der Waals surface area contributed by atoms with E-state index in [4.69, 9.17) is 0 Å². The van der Waals surface area contributed by atoms with Crippen LogP contribution >= 0.6 is 0 Å². The Morgan fingerprint density at radius 3 is 2.74 bits per heavy atom. The predicted octanol–water partition coefficient (Wildman–Crippen LogP) is 0.957. The Bertz CT molecular complexity index is 483. The molecule has 0 aromatic carbocycles. The highest BCUT2D eigenvalue weighted by atomic mass is 16.4. The first-order valence-electron chi connectivity index (χ1n) is 6.60. The summed E-state index contributed by atoms with van der Waals surface area (Å²) >= 11 is 0. The molecule has 1 aromatic heterocycles. The molecule has 0 saturated carbocycles. The highest BCUT2D eigenvalue weighted by molar-refractivity contribution is 5.94. The third kappa shape index (κ3) is 2.58. The fourth-order valence-corrected chi connectivity index (χ4v) is 2.95. The molecule has 0 bridgehead atoms. The first-order chi connectivity index (χ1) is 8.91. The van der Waals surface area contributed by atoms with Gasteiger partial charge in [0, 0.05) is 26.7 Å². The van der Waals surface area contributed by atoms with Gasteiger partial charge in [-0.05, 0) is 33.4 Å². The van der Waals surface area contributed by atoms with Crippen LogP contribution in [0.1, 0.15) is 28.9 Å². The minimum Gasteiger partial charge on any atom is -0.477 e. The van der Waals surface area contributed by atoms with E-state index in [9.17, 15) is 9.90 Å². The second-order valence-corrected chi connectivity index (χ2v) is 5.37. The molecule has 0 amide bonds. The maximum Gasteiger partial charge on any atom is 0.341 e. The van der Waals surface area contributed by atoms with Crippen LogP contribution in [0.3, 0.4) is 0 Å². The highest BCUT2D eigenvalue weighted by Crippen LogP contribution is 2.24. The van der Waals surface area contributed by atoms with E-state index < -0.39 is 5.97 Å². The molecule has 0 spiro atoms. The molecule has 1 aliphatic rings. The van der Waals surface area contributed by atoms with Crippen LogP contribution < -0.4 is 4.90 Å². The van der Waals surface area contributed by atoms with Crippen molar-refractivity contribution in [1.82, 2.24) is 14.7 Å². The Kier molecular flexibility index (Phi) is 3.80. The van der Waals surface area contributed by atoms with Crippen molar-refractivity contribution in [3.63, 3.8) is 0 Å². The fraction of sp³-hybridized carbons (Fsp3) is 0.692. The van der Waals surface area contributed by atoms with E-state index >= 15 is 0 Å². The first kappa shape index (κ1) is 13.9. The molecule has 1 fully saturated rings. The molecule has 2 heterocycles. The van der Waals surface area contributed by atoms with E-state index in [0.29, 0.717) is 23.1 Å². The van der Waals surface area contributed by atoms with Crippen molar-refractivity contribution in [3.05, 3.63) is 11.3 Å². The summed E-state index contributed by atoms with van der Waals surface area (Å²) < 4.78 is 1.66. The van der Waals surface area contributed by atoms with Gasteiger partial charge in [-0.25, -0.2) is 4.79 Å². The smallest absolute Gasteiger partial charge is 0.341 e. The largest absolute Gasteiger partial charge is 0.477 e. The zero-order valence-corrected chi connectivity index (χ0v) is 12.1. The van der Waals surface area contributed by atoms with Gasteiger partial charge in [0.1, 0.15) is 11.4 Å². The van der Waals surface area contributed by atoms with Crippen molar-refractivity contribution < 1.29 is 9.90 Å². The predicted molar refractivity (Wildman–Crippen MR) is 73.8 cm³/mol. The average Bonchev–Trinajstić information content (AvgIpc) is 2.82. The minimum absolute atomic E-state index is 0.311. The lowest BCUT2D eigenvalue weighted by atomic mass is 10.2. The van der Waals surface area contributed by atoms with E-state index in [1.807, 2.05) is 11.9 Å². The molecule has 106 valence electrons. The molecule has 1 aliphatic heterocycles. The topological polar surface area (TPSA) is 61.6 Å². The lowest BCUT2D eigenvalue weighted by molar-refractivity contribution is 0.0696. The number of carboxylic acid groups (broad SMARTS) is 1. The third-order valence-electron chi connectivity index (χ3n) is 3.92. The van der Waals surface area contributed by atoms with Crippen molar-refractivity contribution in [1.29, 1.82) is 0 Å². The monoisotopic (exact) mass is 266 g/mol. The highest BCUT2D eigenvalue weighted by Gasteiger charge is 2.27. The SMILES string of the molecule is Cc1nn(C)c(N(C)CC2CCCN2C)c1C(=O)O. The van der Waals surface area contributed by atoms with Crippen LogP contribution in [-0.4, -0.2) is 59.0 Å². The van der Waals surface area contributed by atoms with Crippen molar-refractivity contribution >= 4 is 11.8 Å². The Morgan fingerprint density at radius 2 is 2.21 bits per heavy atom. The van der Waals surface area contributed by atoms with E-state index in [1.165, 1.54) is 12.8 Å². The van der Waals surface area contributed by atoms with Crippen LogP contribution in [0.15, 0.2) is 0 Å². The number of hydrogen-bond donors (Lipinski definition) is 1. The maximum absolute atomic E-state index is 11.4. The van der Waals surface area contributed by atoms with Gasteiger partial charge in [-0.3, -0.25) is 4.68 Å². The molecule has 1 saturated heterocycles. The number of likely N-dealkylation sites (N-methyl/N-ethyl adjacent to an activating group) is 2. The zero-order valence-electron chi connectivity index (χ0n) is 12.1. The fourth-order valence-electron chi connectivity index (χ4n) is 2.95. The van der Waals surface area contributed by atoms with Crippen LogP contribution in [0.2, 0.25) is 0 Å². The van der Waals surface area contributed by atoms with Crippen LogP contribution in [0.4, 0.5) is 5.82 Å². The molecule has 1 unspecified atom stereocenters. The Hall–Kier alpha value is -1.56. The summed E-state index contributed by atoms with van der Waals surface area (Å²) in [4.78, 5) is 15.7. The van der Waals surface area contributed by atoms with Crippen LogP contribution in [0, 0.1) is 6.92 Å². The summed E-state index contributed by atoms with van der Waals surface area (Å²) in [6, 6.07) is 0.488. The summed E-state index contributed by atoms with van der Waals surface area (Å²) in [6.07, 6.45) is 2.38.